The molecule has 1 N–H and O–H groups in total. The Morgan fingerprint density at radius 3 is 2.58 bits per heavy atom. The number of nitrogens with zero attached hydrogens (tertiary/aromatic N) is 1. The van der Waals surface area contributed by atoms with E-state index in [4.69, 9.17) is 23.2 Å². The van der Waals surface area contributed by atoms with E-state index in [0.29, 0.717) is 21.5 Å². The van der Waals surface area contributed by atoms with Gasteiger partial charge in [-0.15, -0.1) is 0 Å². The van der Waals surface area contributed by atoms with Crippen LogP contribution in [-0.4, -0.2) is 40.9 Å². The SMILES string of the molecule is CN1CCC=C(C(NC(=O)c2ccc(Cl)cc2Cl)c2ccc(S(=O)CC3CC3)cc2)C1. The highest BCUT2D eigenvalue weighted by Gasteiger charge is 2.26. The molecule has 0 aromatic heterocycles. The number of rotatable bonds is 7. The first-order chi connectivity index (χ1) is 14.9. The Balaban J connectivity index is 1.59. The Morgan fingerprint density at radius 2 is 1.94 bits per heavy atom. The van der Waals surface area contributed by atoms with Crippen LogP contribution in [0, 0.1) is 5.92 Å². The Kier molecular flexibility index (Phi) is 7.17. The van der Waals surface area contributed by atoms with Crippen molar-refractivity contribution in [1.82, 2.24) is 10.2 Å². The second kappa shape index (κ2) is 9.86. The molecule has 0 saturated heterocycles. The van der Waals surface area contributed by atoms with Crippen LogP contribution in [-0.2, 0) is 10.8 Å². The van der Waals surface area contributed by atoms with E-state index in [2.05, 4.69) is 23.3 Å². The van der Waals surface area contributed by atoms with Crippen LogP contribution in [0.2, 0.25) is 10.0 Å². The van der Waals surface area contributed by atoms with Crippen LogP contribution in [0.5, 0.6) is 0 Å². The third-order valence-corrected chi connectivity index (χ3v) is 7.87. The van der Waals surface area contributed by atoms with Gasteiger partial charge >= 0.3 is 0 Å². The fourth-order valence-electron chi connectivity index (χ4n) is 3.81. The molecule has 31 heavy (non-hydrogen) atoms. The molecule has 1 amide bonds. The van der Waals surface area contributed by atoms with Gasteiger partial charge in [0.1, 0.15) is 0 Å². The van der Waals surface area contributed by atoms with Gasteiger partial charge in [-0.3, -0.25) is 9.00 Å². The van der Waals surface area contributed by atoms with Gasteiger partial charge in [-0.25, -0.2) is 0 Å². The average molecular weight is 477 g/mol. The molecule has 0 bridgehead atoms. The summed E-state index contributed by atoms with van der Waals surface area (Å²) < 4.78 is 12.5. The zero-order chi connectivity index (χ0) is 22.0. The number of carbonyl (C=O) groups is 1. The summed E-state index contributed by atoms with van der Waals surface area (Å²) >= 11 is 12.2. The minimum absolute atomic E-state index is 0.248. The molecule has 1 saturated carbocycles. The number of halogens is 2. The number of amides is 1. The lowest BCUT2D eigenvalue weighted by Crippen LogP contribution is -2.35. The summed E-state index contributed by atoms with van der Waals surface area (Å²) in [7, 11) is 1.11. The summed E-state index contributed by atoms with van der Waals surface area (Å²) in [6, 6.07) is 12.4. The first-order valence-corrected chi connectivity index (χ1v) is 12.6. The first-order valence-electron chi connectivity index (χ1n) is 10.5. The van der Waals surface area contributed by atoms with Crippen molar-refractivity contribution in [2.75, 3.05) is 25.9 Å². The van der Waals surface area contributed by atoms with Crippen molar-refractivity contribution in [2.24, 2.45) is 5.92 Å². The van der Waals surface area contributed by atoms with Crippen molar-refractivity contribution in [3.8, 4) is 0 Å². The van der Waals surface area contributed by atoms with Gasteiger partial charge in [-0.2, -0.15) is 0 Å². The van der Waals surface area contributed by atoms with Gasteiger partial charge in [0, 0.05) is 28.8 Å². The van der Waals surface area contributed by atoms with Gasteiger partial charge in [0.2, 0.25) is 0 Å². The minimum atomic E-state index is -0.969. The van der Waals surface area contributed by atoms with Crippen LogP contribution in [0.15, 0.2) is 59.0 Å². The van der Waals surface area contributed by atoms with E-state index in [1.807, 2.05) is 24.3 Å². The number of nitrogens with one attached hydrogen (secondary N) is 1. The predicted molar refractivity (Wildman–Crippen MR) is 127 cm³/mol. The van der Waals surface area contributed by atoms with Crippen LogP contribution >= 0.6 is 23.2 Å². The Labute approximate surface area is 196 Å². The molecule has 4 rings (SSSR count). The number of hydrogen-bond acceptors (Lipinski definition) is 3. The van der Waals surface area contributed by atoms with Gasteiger partial charge in [0.15, 0.2) is 0 Å². The molecular formula is C24H26Cl2N2O2S. The zero-order valence-electron chi connectivity index (χ0n) is 17.4. The molecule has 1 aliphatic heterocycles. The maximum Gasteiger partial charge on any atom is 0.253 e. The third kappa shape index (κ3) is 5.78. The number of benzene rings is 2. The second-order valence-electron chi connectivity index (χ2n) is 8.36. The van der Waals surface area contributed by atoms with Crippen molar-refractivity contribution < 1.29 is 9.00 Å². The Bertz CT molecular complexity index is 1020. The van der Waals surface area contributed by atoms with Gasteiger partial charge < -0.3 is 10.2 Å². The zero-order valence-corrected chi connectivity index (χ0v) is 19.8. The average Bonchev–Trinajstić information content (AvgIpc) is 3.56. The van der Waals surface area contributed by atoms with Gasteiger partial charge in [0.25, 0.3) is 5.91 Å². The summed E-state index contributed by atoms with van der Waals surface area (Å²) in [6.07, 6.45) is 5.51. The summed E-state index contributed by atoms with van der Waals surface area (Å²) in [5.41, 5.74) is 2.49. The quantitative estimate of drug-likeness (QED) is 0.555. The number of likely N-dealkylation sites (N-methyl/N-ethyl adjacent to an activating group) is 1. The summed E-state index contributed by atoms with van der Waals surface area (Å²) in [5, 5.41) is 3.97. The molecule has 0 radical (unpaired) electrons. The Hall–Kier alpha value is -1.66. The summed E-state index contributed by atoms with van der Waals surface area (Å²) in [4.78, 5) is 16.1. The molecule has 2 aliphatic rings. The van der Waals surface area contributed by atoms with Crippen molar-refractivity contribution in [3.05, 3.63) is 75.3 Å². The predicted octanol–water partition coefficient (Wildman–Crippen LogP) is 5.24. The van der Waals surface area contributed by atoms with Crippen molar-refractivity contribution in [2.45, 2.75) is 30.2 Å². The molecule has 2 aromatic rings. The first kappa shape index (κ1) is 22.5. The standard InChI is InChI=1S/C24H26Cl2N2O2S/c1-28-12-2-3-18(14-28)23(27-24(29)21-11-8-19(25)13-22(21)26)17-6-9-20(10-7-17)31(30)15-16-4-5-16/h3,6-11,13,16,23H,2,4-5,12,14-15H2,1H3,(H,27,29). The van der Waals surface area contributed by atoms with Crippen molar-refractivity contribution in [1.29, 1.82) is 0 Å². The van der Waals surface area contributed by atoms with Crippen molar-refractivity contribution >= 4 is 39.9 Å². The third-order valence-electron chi connectivity index (χ3n) is 5.75. The molecular weight excluding hydrogens is 451 g/mol. The van der Waals surface area contributed by atoms with Crippen LogP contribution in [0.4, 0.5) is 0 Å². The highest BCUT2D eigenvalue weighted by Crippen LogP contribution is 2.32. The lowest BCUT2D eigenvalue weighted by atomic mass is 9.95. The molecule has 2 atom stereocenters. The fraction of sp³-hybridized carbons (Fsp3) is 0.375. The summed E-state index contributed by atoms with van der Waals surface area (Å²) in [5.74, 6) is 1.10. The van der Waals surface area contributed by atoms with Crippen LogP contribution in [0.3, 0.4) is 0 Å². The van der Waals surface area contributed by atoms with E-state index in [1.165, 1.54) is 12.8 Å². The summed E-state index contributed by atoms with van der Waals surface area (Å²) in [6.45, 7) is 1.76. The Morgan fingerprint density at radius 1 is 1.19 bits per heavy atom. The van der Waals surface area contributed by atoms with E-state index in [9.17, 15) is 9.00 Å². The maximum absolute atomic E-state index is 13.1. The van der Waals surface area contributed by atoms with Crippen molar-refractivity contribution in [3.63, 3.8) is 0 Å². The van der Waals surface area contributed by atoms with E-state index >= 15 is 0 Å². The molecule has 4 nitrogen and oxygen atoms in total. The van der Waals surface area contributed by atoms with E-state index in [0.717, 1.165) is 41.3 Å². The molecule has 2 unspecified atom stereocenters. The number of hydrogen-bond donors (Lipinski definition) is 1. The molecule has 7 heteroatoms. The maximum atomic E-state index is 13.1. The highest BCUT2D eigenvalue weighted by molar-refractivity contribution is 7.85. The van der Waals surface area contributed by atoms with Gasteiger partial charge in [-0.05, 0) is 73.7 Å². The molecule has 164 valence electrons. The highest BCUT2D eigenvalue weighted by atomic mass is 35.5. The minimum Gasteiger partial charge on any atom is -0.341 e. The van der Waals surface area contributed by atoms with Crippen LogP contribution in [0.1, 0.15) is 41.2 Å². The van der Waals surface area contributed by atoms with Crippen LogP contribution < -0.4 is 5.32 Å². The van der Waals surface area contributed by atoms with E-state index in [1.54, 1.807) is 18.2 Å². The monoisotopic (exact) mass is 476 g/mol. The molecule has 1 aliphatic carbocycles. The molecule has 1 fully saturated rings. The molecule has 2 aromatic carbocycles. The topological polar surface area (TPSA) is 49.4 Å². The fourth-order valence-corrected chi connectivity index (χ4v) is 5.70. The molecule has 0 spiro atoms. The normalized spacial score (nSPS) is 18.9. The second-order valence-corrected chi connectivity index (χ2v) is 10.7. The largest absolute Gasteiger partial charge is 0.341 e. The van der Waals surface area contributed by atoms with E-state index < -0.39 is 10.8 Å². The van der Waals surface area contributed by atoms with Gasteiger partial charge in [-0.1, -0.05) is 41.4 Å². The number of carbonyl (C=O) groups excluding carboxylic acids is 1. The smallest absolute Gasteiger partial charge is 0.253 e. The lowest BCUT2D eigenvalue weighted by Gasteiger charge is -2.30. The molecule has 1 heterocycles. The van der Waals surface area contributed by atoms with E-state index in [-0.39, 0.29) is 11.9 Å². The lowest BCUT2D eigenvalue weighted by molar-refractivity contribution is 0.0940. The van der Waals surface area contributed by atoms with Crippen LogP contribution in [0.25, 0.3) is 0 Å². The van der Waals surface area contributed by atoms with Gasteiger partial charge in [0.05, 0.1) is 27.4 Å².